The first-order chi connectivity index (χ1) is 11.0. The van der Waals surface area contributed by atoms with Crippen LogP contribution in [-0.2, 0) is 9.59 Å². The number of hydrogen-bond donors (Lipinski definition) is 3. The van der Waals surface area contributed by atoms with Gasteiger partial charge in [-0.05, 0) is 31.0 Å². The molecule has 0 radical (unpaired) electrons. The molecule has 7 nitrogen and oxygen atoms in total. The van der Waals surface area contributed by atoms with Crippen molar-refractivity contribution in [3.8, 4) is 5.75 Å². The van der Waals surface area contributed by atoms with Gasteiger partial charge in [0, 0.05) is 5.56 Å². The first-order valence-corrected chi connectivity index (χ1v) is 7.58. The molecule has 0 aromatic heterocycles. The maximum absolute atomic E-state index is 12.5. The molecule has 3 rings (SSSR count). The van der Waals surface area contributed by atoms with Crippen LogP contribution in [0.25, 0.3) is 0 Å². The van der Waals surface area contributed by atoms with Crippen molar-refractivity contribution in [1.29, 1.82) is 0 Å². The first kappa shape index (κ1) is 15.3. The van der Waals surface area contributed by atoms with Gasteiger partial charge in [-0.3, -0.25) is 14.4 Å². The van der Waals surface area contributed by atoms with Gasteiger partial charge in [-0.1, -0.05) is 12.8 Å². The van der Waals surface area contributed by atoms with Gasteiger partial charge in [0.05, 0.1) is 17.6 Å². The van der Waals surface area contributed by atoms with Crippen LogP contribution in [0.2, 0.25) is 0 Å². The Kier molecular flexibility index (Phi) is 3.94. The predicted molar refractivity (Wildman–Crippen MR) is 81.5 cm³/mol. The number of amides is 2. The van der Waals surface area contributed by atoms with E-state index >= 15 is 0 Å². The van der Waals surface area contributed by atoms with E-state index in [1.54, 1.807) is 18.2 Å². The van der Waals surface area contributed by atoms with Crippen LogP contribution in [0.3, 0.4) is 0 Å². The third kappa shape index (κ3) is 3.28. The number of rotatable bonds is 4. The molecule has 1 aromatic rings. The molecule has 2 aliphatic rings. The number of carboxylic acids is 1. The molecule has 1 fully saturated rings. The number of carbonyl (C=O) groups is 3. The van der Waals surface area contributed by atoms with Crippen LogP contribution in [0, 0.1) is 0 Å². The van der Waals surface area contributed by atoms with Crippen LogP contribution < -0.4 is 15.4 Å². The van der Waals surface area contributed by atoms with E-state index in [4.69, 9.17) is 9.84 Å². The minimum atomic E-state index is -0.913. The third-order valence-corrected chi connectivity index (χ3v) is 4.31. The van der Waals surface area contributed by atoms with Gasteiger partial charge in [0.15, 0.2) is 6.61 Å². The lowest BCUT2D eigenvalue weighted by molar-refractivity contribution is -0.138. The predicted octanol–water partition coefficient (Wildman–Crippen LogP) is 1.53. The number of nitrogens with one attached hydrogen (secondary N) is 2. The van der Waals surface area contributed by atoms with Crippen LogP contribution in [-0.4, -0.2) is 35.0 Å². The lowest BCUT2D eigenvalue weighted by atomic mass is 9.92. The van der Waals surface area contributed by atoms with Crippen molar-refractivity contribution in [2.24, 2.45) is 0 Å². The highest BCUT2D eigenvalue weighted by molar-refractivity contribution is 5.99. The molecular weight excluding hydrogens is 300 g/mol. The van der Waals surface area contributed by atoms with Gasteiger partial charge in [0.2, 0.25) is 0 Å². The van der Waals surface area contributed by atoms with Crippen molar-refractivity contribution in [3.05, 3.63) is 23.8 Å². The fourth-order valence-corrected chi connectivity index (χ4v) is 3.22. The molecule has 3 N–H and O–H groups in total. The Bertz CT molecular complexity index is 664. The maximum atomic E-state index is 12.5. The summed E-state index contributed by atoms with van der Waals surface area (Å²) in [6.45, 7) is -0.0823. The molecule has 1 aliphatic heterocycles. The number of anilines is 1. The number of ether oxygens (including phenoxy) is 1. The van der Waals surface area contributed by atoms with Crippen LogP contribution in [0.5, 0.6) is 5.75 Å². The summed E-state index contributed by atoms with van der Waals surface area (Å²) in [5, 5.41) is 14.6. The van der Waals surface area contributed by atoms with E-state index in [-0.39, 0.29) is 24.8 Å². The average molecular weight is 318 g/mol. The molecule has 0 unspecified atom stereocenters. The number of aliphatic carboxylic acids is 1. The molecule has 23 heavy (non-hydrogen) atoms. The average Bonchev–Trinajstić information content (AvgIpc) is 2.93. The highest BCUT2D eigenvalue weighted by Gasteiger charge is 2.37. The number of carbonyl (C=O) groups excluding carboxylic acids is 2. The Balaban J connectivity index is 1.77. The fourth-order valence-electron chi connectivity index (χ4n) is 3.22. The Morgan fingerprint density at radius 3 is 2.74 bits per heavy atom. The molecule has 0 atom stereocenters. The topological polar surface area (TPSA) is 105 Å². The van der Waals surface area contributed by atoms with Gasteiger partial charge in [0.1, 0.15) is 5.75 Å². The summed E-state index contributed by atoms with van der Waals surface area (Å²) in [5.74, 6) is -1.03. The summed E-state index contributed by atoms with van der Waals surface area (Å²) in [4.78, 5) is 34.8. The normalized spacial score (nSPS) is 18.5. The van der Waals surface area contributed by atoms with Gasteiger partial charge in [-0.25, -0.2) is 0 Å². The summed E-state index contributed by atoms with van der Waals surface area (Å²) in [6.07, 6.45) is 3.08. The monoisotopic (exact) mass is 318 g/mol. The SMILES string of the molecule is O=C(O)CC1(NC(=O)c2ccc3c(c2)OCC(=O)N3)CCCC1. The van der Waals surface area contributed by atoms with Gasteiger partial charge in [-0.2, -0.15) is 0 Å². The zero-order valence-corrected chi connectivity index (χ0v) is 12.6. The van der Waals surface area contributed by atoms with Crippen LogP contribution in [0.15, 0.2) is 18.2 Å². The van der Waals surface area contributed by atoms with Gasteiger partial charge in [0.25, 0.3) is 11.8 Å². The lowest BCUT2D eigenvalue weighted by Crippen LogP contribution is -2.47. The van der Waals surface area contributed by atoms with Crippen molar-refractivity contribution in [2.45, 2.75) is 37.6 Å². The lowest BCUT2D eigenvalue weighted by Gasteiger charge is -2.29. The minimum absolute atomic E-state index is 0.0732. The Morgan fingerprint density at radius 2 is 2.04 bits per heavy atom. The molecule has 122 valence electrons. The molecule has 0 spiro atoms. The standard InChI is InChI=1S/C16H18N2O5/c19-13-9-23-12-7-10(3-4-11(12)17-13)15(22)18-16(8-14(20)21)5-1-2-6-16/h3-4,7H,1-2,5-6,8-9H2,(H,17,19)(H,18,22)(H,20,21). The second-order valence-electron chi connectivity index (χ2n) is 6.06. The molecule has 0 bridgehead atoms. The Labute approximate surface area is 133 Å². The van der Waals surface area contributed by atoms with E-state index in [2.05, 4.69) is 10.6 Å². The highest BCUT2D eigenvalue weighted by atomic mass is 16.5. The van der Waals surface area contributed by atoms with E-state index in [9.17, 15) is 14.4 Å². The van der Waals surface area contributed by atoms with Crippen molar-refractivity contribution in [3.63, 3.8) is 0 Å². The minimum Gasteiger partial charge on any atom is -0.482 e. The largest absolute Gasteiger partial charge is 0.482 e. The summed E-state index contributed by atoms with van der Waals surface area (Å²) >= 11 is 0. The summed E-state index contributed by atoms with van der Waals surface area (Å²) in [5.41, 5.74) is 0.240. The van der Waals surface area contributed by atoms with E-state index in [0.29, 0.717) is 29.8 Å². The van der Waals surface area contributed by atoms with E-state index in [1.165, 1.54) is 0 Å². The van der Waals surface area contributed by atoms with Crippen LogP contribution in [0.4, 0.5) is 5.69 Å². The molecule has 2 amide bonds. The second-order valence-corrected chi connectivity index (χ2v) is 6.06. The zero-order valence-electron chi connectivity index (χ0n) is 12.6. The summed E-state index contributed by atoms with van der Waals surface area (Å²) < 4.78 is 5.30. The molecule has 7 heteroatoms. The van der Waals surface area contributed by atoms with Crippen molar-refractivity contribution in [1.82, 2.24) is 5.32 Å². The quantitative estimate of drug-likeness (QED) is 0.781. The molecule has 1 aromatic carbocycles. The zero-order chi connectivity index (χ0) is 16.4. The van der Waals surface area contributed by atoms with Crippen LogP contribution >= 0.6 is 0 Å². The van der Waals surface area contributed by atoms with E-state index in [0.717, 1.165) is 12.8 Å². The molecule has 1 heterocycles. The fraction of sp³-hybridized carbons (Fsp3) is 0.438. The number of fused-ring (bicyclic) bond motifs is 1. The van der Waals surface area contributed by atoms with Crippen molar-refractivity contribution < 1.29 is 24.2 Å². The molecule has 1 aliphatic carbocycles. The van der Waals surface area contributed by atoms with Gasteiger partial charge in [-0.15, -0.1) is 0 Å². The smallest absolute Gasteiger partial charge is 0.305 e. The highest BCUT2D eigenvalue weighted by Crippen LogP contribution is 2.34. The van der Waals surface area contributed by atoms with Crippen molar-refractivity contribution >= 4 is 23.5 Å². The van der Waals surface area contributed by atoms with E-state index in [1.807, 2.05) is 0 Å². The van der Waals surface area contributed by atoms with Crippen LogP contribution in [0.1, 0.15) is 42.5 Å². The Morgan fingerprint density at radius 1 is 1.30 bits per heavy atom. The number of carboxylic acid groups (broad SMARTS) is 1. The van der Waals surface area contributed by atoms with Gasteiger partial charge < -0.3 is 20.5 Å². The second kappa shape index (κ2) is 5.91. The maximum Gasteiger partial charge on any atom is 0.305 e. The van der Waals surface area contributed by atoms with Crippen molar-refractivity contribution in [2.75, 3.05) is 11.9 Å². The van der Waals surface area contributed by atoms with E-state index < -0.39 is 11.5 Å². The molecule has 1 saturated carbocycles. The molecule has 0 saturated heterocycles. The Hall–Kier alpha value is -2.57. The summed E-state index contributed by atoms with van der Waals surface area (Å²) in [7, 11) is 0. The first-order valence-electron chi connectivity index (χ1n) is 7.58. The summed E-state index contributed by atoms with van der Waals surface area (Å²) in [6, 6.07) is 4.76. The van der Waals surface area contributed by atoms with Gasteiger partial charge >= 0.3 is 5.97 Å². The number of benzene rings is 1. The molecular formula is C16H18N2O5. The number of hydrogen-bond acceptors (Lipinski definition) is 4. The third-order valence-electron chi connectivity index (χ3n) is 4.31.